The van der Waals surface area contributed by atoms with Crippen LogP contribution in [0.4, 0.5) is 5.69 Å². The molecule has 0 aromatic heterocycles. The monoisotopic (exact) mass is 262 g/mol. The lowest BCUT2D eigenvalue weighted by Gasteiger charge is -2.24. The number of nitrogens with zero attached hydrogens (tertiary/aromatic N) is 1. The number of hydrogen-bond donors (Lipinski definition) is 1. The predicted molar refractivity (Wildman–Crippen MR) is 85.9 cm³/mol. The van der Waals surface area contributed by atoms with E-state index < -0.39 is 0 Å². The van der Waals surface area contributed by atoms with Gasteiger partial charge in [0.15, 0.2) is 0 Å². The minimum atomic E-state index is 0.491. The number of anilines is 1. The molecular formula is C17H30N2. The van der Waals surface area contributed by atoms with Gasteiger partial charge in [-0.25, -0.2) is 0 Å². The van der Waals surface area contributed by atoms with E-state index in [1.165, 1.54) is 24.1 Å². The Morgan fingerprint density at radius 3 is 2.21 bits per heavy atom. The molecule has 1 aromatic carbocycles. The molecule has 0 aliphatic heterocycles. The largest absolute Gasteiger partial charge is 0.372 e. The highest BCUT2D eigenvalue weighted by molar-refractivity contribution is 5.47. The van der Waals surface area contributed by atoms with Crippen LogP contribution in [0, 0.1) is 0 Å². The molecule has 0 saturated carbocycles. The van der Waals surface area contributed by atoms with Gasteiger partial charge in [-0.15, -0.1) is 0 Å². The number of unbranched alkanes of at least 4 members (excludes halogenated alkanes) is 1. The molecule has 1 N–H and O–H groups in total. The molecule has 1 rings (SSSR count). The molecule has 0 bridgehead atoms. The fraction of sp³-hybridized carbons (Fsp3) is 0.647. The van der Waals surface area contributed by atoms with E-state index in [4.69, 9.17) is 0 Å². The fourth-order valence-corrected chi connectivity index (χ4v) is 2.48. The maximum atomic E-state index is 3.53. The summed E-state index contributed by atoms with van der Waals surface area (Å²) in [6, 6.07) is 9.59. The predicted octanol–water partition coefficient (Wildman–Crippen LogP) is 4.37. The molecule has 19 heavy (non-hydrogen) atoms. The zero-order valence-corrected chi connectivity index (χ0v) is 13.1. The summed E-state index contributed by atoms with van der Waals surface area (Å²) in [6.07, 6.45) is 3.66. The normalized spacial score (nSPS) is 12.4. The van der Waals surface area contributed by atoms with E-state index >= 15 is 0 Å². The maximum absolute atomic E-state index is 3.53. The molecular weight excluding hydrogens is 232 g/mol. The van der Waals surface area contributed by atoms with Crippen LogP contribution in [0.15, 0.2) is 24.3 Å². The summed E-state index contributed by atoms with van der Waals surface area (Å²) in [5.41, 5.74) is 2.76. The standard InChI is InChI=1S/C17H30N2/c1-5-9-14-19(8-4)16-12-10-15(11-13-16)17(6-2)18-7-3/h10-13,17-18H,5-9,14H2,1-4H3. The molecule has 0 aliphatic carbocycles. The summed E-state index contributed by atoms with van der Waals surface area (Å²) in [6.45, 7) is 12.2. The van der Waals surface area contributed by atoms with E-state index in [1.54, 1.807) is 0 Å². The van der Waals surface area contributed by atoms with Crippen LogP contribution >= 0.6 is 0 Å². The Labute approximate surface area is 119 Å². The fourth-order valence-electron chi connectivity index (χ4n) is 2.48. The van der Waals surface area contributed by atoms with Gasteiger partial charge in [0.2, 0.25) is 0 Å². The molecule has 0 aliphatic rings. The average molecular weight is 262 g/mol. The Bertz CT molecular complexity index is 332. The van der Waals surface area contributed by atoms with E-state index in [9.17, 15) is 0 Å². The van der Waals surface area contributed by atoms with Crippen molar-refractivity contribution in [3.8, 4) is 0 Å². The lowest BCUT2D eigenvalue weighted by Crippen LogP contribution is -2.24. The summed E-state index contributed by atoms with van der Waals surface area (Å²) in [5, 5.41) is 3.53. The number of benzene rings is 1. The van der Waals surface area contributed by atoms with Crippen LogP contribution in [0.1, 0.15) is 58.6 Å². The van der Waals surface area contributed by atoms with E-state index in [0.717, 1.165) is 26.1 Å². The van der Waals surface area contributed by atoms with Crippen molar-refractivity contribution in [1.82, 2.24) is 5.32 Å². The third kappa shape index (κ3) is 4.87. The first-order chi connectivity index (χ1) is 9.26. The SMILES string of the molecule is CCCCN(CC)c1ccc(C(CC)NCC)cc1. The highest BCUT2D eigenvalue weighted by Gasteiger charge is 2.08. The number of hydrogen-bond acceptors (Lipinski definition) is 2. The molecule has 0 amide bonds. The Morgan fingerprint density at radius 2 is 1.74 bits per heavy atom. The maximum Gasteiger partial charge on any atom is 0.0366 e. The van der Waals surface area contributed by atoms with Gasteiger partial charge in [-0.1, -0.05) is 39.3 Å². The van der Waals surface area contributed by atoms with Crippen LogP contribution < -0.4 is 10.2 Å². The minimum Gasteiger partial charge on any atom is -0.372 e. The van der Waals surface area contributed by atoms with Gasteiger partial charge >= 0.3 is 0 Å². The topological polar surface area (TPSA) is 15.3 Å². The van der Waals surface area contributed by atoms with Crippen molar-refractivity contribution in [2.45, 2.75) is 53.0 Å². The summed E-state index contributed by atoms with van der Waals surface area (Å²) >= 11 is 0. The van der Waals surface area contributed by atoms with Crippen LogP contribution in [-0.4, -0.2) is 19.6 Å². The first-order valence-electron chi connectivity index (χ1n) is 7.85. The lowest BCUT2D eigenvalue weighted by atomic mass is 10.0. The van der Waals surface area contributed by atoms with Crippen molar-refractivity contribution in [3.05, 3.63) is 29.8 Å². The summed E-state index contributed by atoms with van der Waals surface area (Å²) in [5.74, 6) is 0. The van der Waals surface area contributed by atoms with Gasteiger partial charge in [-0.3, -0.25) is 0 Å². The molecule has 0 radical (unpaired) electrons. The Hall–Kier alpha value is -1.02. The first-order valence-corrected chi connectivity index (χ1v) is 7.85. The van der Waals surface area contributed by atoms with E-state index in [1.807, 2.05) is 0 Å². The first kappa shape index (κ1) is 16.0. The van der Waals surface area contributed by atoms with Crippen molar-refractivity contribution in [2.75, 3.05) is 24.5 Å². The second-order valence-electron chi connectivity index (χ2n) is 5.04. The molecule has 0 fully saturated rings. The Kier molecular flexibility index (Phi) is 7.57. The van der Waals surface area contributed by atoms with Crippen molar-refractivity contribution >= 4 is 5.69 Å². The molecule has 1 unspecified atom stereocenters. The van der Waals surface area contributed by atoms with Crippen molar-refractivity contribution in [3.63, 3.8) is 0 Å². The van der Waals surface area contributed by atoms with E-state index in [-0.39, 0.29) is 0 Å². The molecule has 1 atom stereocenters. The average Bonchev–Trinajstić information content (AvgIpc) is 2.46. The number of rotatable bonds is 9. The number of nitrogens with one attached hydrogen (secondary N) is 1. The van der Waals surface area contributed by atoms with Gasteiger partial charge in [-0.2, -0.15) is 0 Å². The van der Waals surface area contributed by atoms with Gasteiger partial charge in [-0.05, 0) is 44.0 Å². The van der Waals surface area contributed by atoms with Crippen LogP contribution in [0.3, 0.4) is 0 Å². The molecule has 108 valence electrons. The molecule has 2 heteroatoms. The smallest absolute Gasteiger partial charge is 0.0366 e. The van der Waals surface area contributed by atoms with Crippen LogP contribution in [-0.2, 0) is 0 Å². The molecule has 2 nitrogen and oxygen atoms in total. The minimum absolute atomic E-state index is 0.491. The second kappa shape index (κ2) is 8.98. The van der Waals surface area contributed by atoms with Gasteiger partial charge in [0, 0.05) is 24.8 Å². The van der Waals surface area contributed by atoms with Crippen LogP contribution in [0.2, 0.25) is 0 Å². The van der Waals surface area contributed by atoms with Crippen molar-refractivity contribution < 1.29 is 0 Å². The Balaban J connectivity index is 2.73. The highest BCUT2D eigenvalue weighted by atomic mass is 15.1. The van der Waals surface area contributed by atoms with Crippen molar-refractivity contribution in [2.24, 2.45) is 0 Å². The van der Waals surface area contributed by atoms with Gasteiger partial charge in [0.05, 0.1) is 0 Å². The van der Waals surface area contributed by atoms with E-state index in [0.29, 0.717) is 6.04 Å². The zero-order valence-electron chi connectivity index (χ0n) is 13.1. The quantitative estimate of drug-likeness (QED) is 0.710. The zero-order chi connectivity index (χ0) is 14.1. The van der Waals surface area contributed by atoms with Crippen LogP contribution in [0.5, 0.6) is 0 Å². The molecule has 0 saturated heterocycles. The third-order valence-corrected chi connectivity index (χ3v) is 3.68. The van der Waals surface area contributed by atoms with Crippen molar-refractivity contribution in [1.29, 1.82) is 0 Å². The summed E-state index contributed by atoms with van der Waals surface area (Å²) in [4.78, 5) is 2.46. The summed E-state index contributed by atoms with van der Waals surface area (Å²) < 4.78 is 0. The lowest BCUT2D eigenvalue weighted by molar-refractivity contribution is 0.537. The third-order valence-electron chi connectivity index (χ3n) is 3.68. The molecule has 0 spiro atoms. The Morgan fingerprint density at radius 1 is 1.05 bits per heavy atom. The van der Waals surface area contributed by atoms with Gasteiger partial charge in [0.25, 0.3) is 0 Å². The molecule has 1 aromatic rings. The summed E-state index contributed by atoms with van der Waals surface area (Å²) in [7, 11) is 0. The van der Waals surface area contributed by atoms with E-state index in [2.05, 4.69) is 62.2 Å². The highest BCUT2D eigenvalue weighted by Crippen LogP contribution is 2.21. The van der Waals surface area contributed by atoms with Gasteiger partial charge < -0.3 is 10.2 Å². The van der Waals surface area contributed by atoms with Gasteiger partial charge in [0.1, 0.15) is 0 Å². The van der Waals surface area contributed by atoms with Crippen LogP contribution in [0.25, 0.3) is 0 Å². The second-order valence-corrected chi connectivity index (χ2v) is 5.04. The molecule has 0 heterocycles.